The summed E-state index contributed by atoms with van der Waals surface area (Å²) in [5.41, 5.74) is -0.904. The van der Waals surface area contributed by atoms with Crippen LogP contribution >= 0.6 is 15.9 Å². The van der Waals surface area contributed by atoms with Gasteiger partial charge in [-0.25, -0.2) is 9.18 Å². The van der Waals surface area contributed by atoms with Crippen molar-refractivity contribution in [2.75, 3.05) is 6.61 Å². The van der Waals surface area contributed by atoms with Crippen LogP contribution in [0.3, 0.4) is 0 Å². The minimum absolute atomic E-state index is 0.00218. The first-order valence-corrected chi connectivity index (χ1v) is 5.07. The fourth-order valence-corrected chi connectivity index (χ4v) is 1.69. The van der Waals surface area contributed by atoms with Gasteiger partial charge in [0.05, 0.1) is 17.6 Å². The Balaban J connectivity index is 3.35. The second-order valence-corrected chi connectivity index (χ2v) is 3.61. The fourth-order valence-electron chi connectivity index (χ4n) is 1.11. The van der Waals surface area contributed by atoms with Gasteiger partial charge in [-0.1, -0.05) is 0 Å². The standard InChI is InChI=1S/C9H7BrFNO4/c1-2-16-9(13)8-6(10)3-5(11)4-7(8)12(14)15/h3-4H,2H2,1H3. The molecule has 0 spiro atoms. The normalized spacial score (nSPS) is 9.94. The Morgan fingerprint density at radius 2 is 2.25 bits per heavy atom. The Bertz CT molecular complexity index is 449. The molecule has 0 unspecified atom stereocenters. The molecular formula is C9H7BrFNO4. The van der Waals surface area contributed by atoms with E-state index >= 15 is 0 Å². The van der Waals surface area contributed by atoms with E-state index in [4.69, 9.17) is 0 Å². The lowest BCUT2D eigenvalue weighted by molar-refractivity contribution is -0.385. The van der Waals surface area contributed by atoms with Crippen molar-refractivity contribution in [3.8, 4) is 0 Å². The maximum Gasteiger partial charge on any atom is 0.346 e. The zero-order valence-corrected chi connectivity index (χ0v) is 9.78. The first-order valence-electron chi connectivity index (χ1n) is 4.28. The molecule has 0 heterocycles. The van der Waals surface area contributed by atoms with Crippen LogP contribution in [-0.4, -0.2) is 17.5 Å². The van der Waals surface area contributed by atoms with E-state index in [0.717, 1.165) is 6.07 Å². The van der Waals surface area contributed by atoms with E-state index in [-0.39, 0.29) is 16.6 Å². The van der Waals surface area contributed by atoms with E-state index in [2.05, 4.69) is 20.7 Å². The largest absolute Gasteiger partial charge is 0.462 e. The Labute approximate surface area is 98.5 Å². The molecule has 0 saturated carbocycles. The maximum absolute atomic E-state index is 12.9. The molecule has 0 aromatic heterocycles. The maximum atomic E-state index is 12.9. The lowest BCUT2D eigenvalue weighted by Crippen LogP contribution is -2.09. The van der Waals surface area contributed by atoms with E-state index in [1.54, 1.807) is 6.92 Å². The lowest BCUT2D eigenvalue weighted by Gasteiger charge is -2.05. The first-order chi connectivity index (χ1) is 7.47. The van der Waals surface area contributed by atoms with Crippen molar-refractivity contribution in [2.24, 2.45) is 0 Å². The molecule has 0 saturated heterocycles. The Kier molecular flexibility index (Phi) is 3.94. The average Bonchev–Trinajstić information content (AvgIpc) is 2.16. The van der Waals surface area contributed by atoms with Crippen LogP contribution in [-0.2, 0) is 4.74 Å². The smallest absolute Gasteiger partial charge is 0.346 e. The van der Waals surface area contributed by atoms with Crippen molar-refractivity contribution in [3.05, 3.63) is 38.1 Å². The van der Waals surface area contributed by atoms with Crippen molar-refractivity contribution in [2.45, 2.75) is 6.92 Å². The molecule has 0 aliphatic heterocycles. The van der Waals surface area contributed by atoms with E-state index in [0.29, 0.717) is 6.07 Å². The number of halogens is 2. The summed E-state index contributed by atoms with van der Waals surface area (Å²) in [7, 11) is 0. The zero-order chi connectivity index (χ0) is 12.3. The number of benzene rings is 1. The molecule has 0 bridgehead atoms. The highest BCUT2D eigenvalue weighted by atomic mass is 79.9. The molecule has 0 amide bonds. The third-order valence-corrected chi connectivity index (χ3v) is 2.34. The van der Waals surface area contributed by atoms with Gasteiger partial charge in [0.15, 0.2) is 5.56 Å². The highest BCUT2D eigenvalue weighted by molar-refractivity contribution is 9.10. The van der Waals surface area contributed by atoms with Gasteiger partial charge < -0.3 is 4.74 Å². The molecule has 1 rings (SSSR count). The number of rotatable bonds is 3. The minimum atomic E-state index is -0.860. The average molecular weight is 292 g/mol. The monoisotopic (exact) mass is 291 g/mol. The summed E-state index contributed by atoms with van der Waals surface area (Å²) < 4.78 is 17.6. The summed E-state index contributed by atoms with van der Waals surface area (Å²) in [5.74, 6) is -1.66. The quantitative estimate of drug-likeness (QED) is 0.488. The van der Waals surface area contributed by atoms with Gasteiger partial charge in [0.1, 0.15) is 5.82 Å². The molecular weight excluding hydrogens is 285 g/mol. The van der Waals surface area contributed by atoms with Crippen LogP contribution in [0.25, 0.3) is 0 Å². The van der Waals surface area contributed by atoms with E-state index < -0.39 is 22.4 Å². The van der Waals surface area contributed by atoms with Crippen LogP contribution in [0.4, 0.5) is 10.1 Å². The second kappa shape index (κ2) is 5.02. The zero-order valence-electron chi connectivity index (χ0n) is 8.20. The molecule has 0 N–H and O–H groups in total. The molecule has 86 valence electrons. The van der Waals surface area contributed by atoms with Crippen molar-refractivity contribution in [1.82, 2.24) is 0 Å². The molecule has 0 fully saturated rings. The molecule has 0 atom stereocenters. The van der Waals surface area contributed by atoms with Gasteiger partial charge >= 0.3 is 5.97 Å². The second-order valence-electron chi connectivity index (χ2n) is 2.76. The van der Waals surface area contributed by atoms with E-state index in [1.807, 2.05) is 0 Å². The number of hydrogen-bond donors (Lipinski definition) is 0. The fraction of sp³-hybridized carbons (Fsp3) is 0.222. The molecule has 0 aliphatic carbocycles. The van der Waals surface area contributed by atoms with Crippen molar-refractivity contribution < 1.29 is 18.8 Å². The summed E-state index contributed by atoms with van der Waals surface area (Å²) in [6, 6.07) is 1.65. The number of esters is 1. The number of carbonyl (C=O) groups excluding carboxylic acids is 1. The highest BCUT2D eigenvalue weighted by Crippen LogP contribution is 2.28. The molecule has 1 aromatic rings. The van der Waals surface area contributed by atoms with E-state index in [1.165, 1.54) is 0 Å². The summed E-state index contributed by atoms with van der Waals surface area (Å²) in [6.07, 6.45) is 0. The molecule has 7 heteroatoms. The van der Waals surface area contributed by atoms with Crippen LogP contribution in [0.5, 0.6) is 0 Å². The van der Waals surface area contributed by atoms with Crippen LogP contribution in [0.1, 0.15) is 17.3 Å². The van der Waals surface area contributed by atoms with Crippen molar-refractivity contribution in [3.63, 3.8) is 0 Å². The van der Waals surface area contributed by atoms with Gasteiger partial charge in [-0.15, -0.1) is 0 Å². The Morgan fingerprint density at radius 3 is 2.75 bits per heavy atom. The molecule has 0 aliphatic rings. The highest BCUT2D eigenvalue weighted by Gasteiger charge is 2.25. The summed E-state index contributed by atoms with van der Waals surface area (Å²) in [6.45, 7) is 1.65. The van der Waals surface area contributed by atoms with Gasteiger partial charge in [-0.2, -0.15) is 0 Å². The van der Waals surface area contributed by atoms with Crippen LogP contribution < -0.4 is 0 Å². The summed E-state index contributed by atoms with van der Waals surface area (Å²) in [4.78, 5) is 21.2. The molecule has 0 radical (unpaired) electrons. The van der Waals surface area contributed by atoms with Crippen molar-refractivity contribution >= 4 is 27.6 Å². The number of hydrogen-bond acceptors (Lipinski definition) is 4. The van der Waals surface area contributed by atoms with Gasteiger partial charge in [-0.3, -0.25) is 10.1 Å². The number of ether oxygens (including phenoxy) is 1. The van der Waals surface area contributed by atoms with Gasteiger partial charge in [-0.05, 0) is 28.9 Å². The first kappa shape index (κ1) is 12.6. The van der Waals surface area contributed by atoms with Crippen LogP contribution in [0.2, 0.25) is 0 Å². The van der Waals surface area contributed by atoms with E-state index in [9.17, 15) is 19.3 Å². The third kappa shape index (κ3) is 2.54. The number of carbonyl (C=O) groups is 1. The predicted molar refractivity (Wildman–Crippen MR) is 56.7 cm³/mol. The number of nitrogens with zero attached hydrogens (tertiary/aromatic N) is 1. The van der Waals surface area contributed by atoms with Crippen molar-refractivity contribution in [1.29, 1.82) is 0 Å². The topological polar surface area (TPSA) is 69.4 Å². The minimum Gasteiger partial charge on any atom is -0.462 e. The van der Waals surface area contributed by atoms with Crippen LogP contribution in [0.15, 0.2) is 16.6 Å². The van der Waals surface area contributed by atoms with Gasteiger partial charge in [0.25, 0.3) is 5.69 Å². The number of nitro groups is 1. The van der Waals surface area contributed by atoms with Gasteiger partial charge in [0.2, 0.25) is 0 Å². The SMILES string of the molecule is CCOC(=O)c1c(Br)cc(F)cc1[N+](=O)[O-]. The lowest BCUT2D eigenvalue weighted by atomic mass is 10.2. The summed E-state index contributed by atoms with van der Waals surface area (Å²) >= 11 is 2.89. The number of nitro benzene ring substituents is 1. The summed E-state index contributed by atoms with van der Waals surface area (Å²) in [5, 5.41) is 10.6. The Hall–Kier alpha value is -1.50. The van der Waals surface area contributed by atoms with Gasteiger partial charge in [0, 0.05) is 4.47 Å². The molecule has 16 heavy (non-hydrogen) atoms. The molecule has 5 nitrogen and oxygen atoms in total. The predicted octanol–water partition coefficient (Wildman–Crippen LogP) is 2.67. The van der Waals surface area contributed by atoms with Crippen LogP contribution in [0, 0.1) is 15.9 Å². The third-order valence-electron chi connectivity index (χ3n) is 1.71. The molecule has 1 aromatic carbocycles. The Morgan fingerprint density at radius 1 is 1.62 bits per heavy atom.